The molecule has 6 N–H and O–H groups in total. The summed E-state index contributed by atoms with van der Waals surface area (Å²) in [6.07, 6.45) is 7.45. The first kappa shape index (κ1) is 28.4. The van der Waals surface area contributed by atoms with Gasteiger partial charge in [0.2, 0.25) is 0 Å². The number of halogens is 1. The fraction of sp³-hybridized carbons (Fsp3) is 0.600. The number of alkyl halides is 1. The molecule has 2 amide bonds. The number of carbonyl (C=O) groups is 4. The van der Waals surface area contributed by atoms with Crippen LogP contribution in [-0.4, -0.2) is 70.3 Å². The van der Waals surface area contributed by atoms with Crippen LogP contribution in [-0.2, 0) is 14.4 Å². The summed E-state index contributed by atoms with van der Waals surface area (Å²) in [5, 5.41) is 34.5. The SMILES string of the molecule is CC/C=C\C=C(/CCl)CNCCCC[C@H](NC(=O)N[C@@H](CCC(=O)O)C(=O)O)C(=O)O. The molecule has 0 aliphatic carbocycles. The van der Waals surface area contributed by atoms with Gasteiger partial charge in [-0.3, -0.25) is 4.79 Å². The van der Waals surface area contributed by atoms with Crippen LogP contribution >= 0.6 is 11.6 Å². The van der Waals surface area contributed by atoms with Crippen LogP contribution in [0.3, 0.4) is 0 Å². The zero-order valence-electron chi connectivity index (χ0n) is 17.6. The third-order valence-electron chi connectivity index (χ3n) is 4.18. The van der Waals surface area contributed by atoms with E-state index in [9.17, 15) is 24.3 Å². The summed E-state index contributed by atoms with van der Waals surface area (Å²) in [7, 11) is 0. The molecule has 10 nitrogen and oxygen atoms in total. The minimum atomic E-state index is -1.42. The molecule has 11 heteroatoms. The van der Waals surface area contributed by atoms with Gasteiger partial charge in [0.25, 0.3) is 0 Å². The number of allylic oxidation sites excluding steroid dienone is 3. The minimum absolute atomic E-state index is 0.161. The normalized spacial score (nSPS) is 13.5. The highest BCUT2D eigenvalue weighted by Gasteiger charge is 2.24. The maximum atomic E-state index is 11.9. The summed E-state index contributed by atoms with van der Waals surface area (Å²) < 4.78 is 0. The van der Waals surface area contributed by atoms with Crippen LogP contribution in [0.2, 0.25) is 0 Å². The van der Waals surface area contributed by atoms with E-state index in [4.69, 9.17) is 21.8 Å². The Morgan fingerprint density at radius 1 is 0.968 bits per heavy atom. The van der Waals surface area contributed by atoms with E-state index in [-0.39, 0.29) is 12.8 Å². The Kier molecular flexibility index (Phi) is 15.7. The first-order valence-electron chi connectivity index (χ1n) is 10.1. The van der Waals surface area contributed by atoms with Gasteiger partial charge in [-0.05, 0) is 44.2 Å². The van der Waals surface area contributed by atoms with Gasteiger partial charge in [0.1, 0.15) is 12.1 Å². The summed E-state index contributed by atoms with van der Waals surface area (Å²) in [5.41, 5.74) is 1.03. The molecule has 0 aliphatic heterocycles. The van der Waals surface area contributed by atoms with Crippen LogP contribution in [0.1, 0.15) is 45.4 Å². The number of hydrogen-bond donors (Lipinski definition) is 6. The Morgan fingerprint density at radius 3 is 2.10 bits per heavy atom. The first-order valence-corrected chi connectivity index (χ1v) is 10.6. The highest BCUT2D eigenvalue weighted by molar-refractivity contribution is 6.19. The van der Waals surface area contributed by atoms with Gasteiger partial charge in [-0.15, -0.1) is 11.6 Å². The molecule has 0 aromatic rings. The van der Waals surface area contributed by atoms with Crippen molar-refractivity contribution >= 4 is 35.5 Å². The van der Waals surface area contributed by atoms with Gasteiger partial charge in [-0.2, -0.15) is 0 Å². The average Bonchev–Trinajstić information content (AvgIpc) is 2.70. The summed E-state index contributed by atoms with van der Waals surface area (Å²) in [6.45, 7) is 3.30. The molecular weight excluding hydrogens is 430 g/mol. The van der Waals surface area contributed by atoms with E-state index < -0.39 is 42.4 Å². The lowest BCUT2D eigenvalue weighted by atomic mass is 10.1. The Bertz CT molecular complexity index is 653. The van der Waals surface area contributed by atoms with Crippen LogP contribution in [0.15, 0.2) is 23.8 Å². The monoisotopic (exact) mass is 461 g/mol. The Labute approximate surface area is 186 Å². The summed E-state index contributed by atoms with van der Waals surface area (Å²) >= 11 is 5.88. The van der Waals surface area contributed by atoms with Gasteiger partial charge in [-0.1, -0.05) is 25.2 Å². The summed E-state index contributed by atoms with van der Waals surface area (Å²) in [6, 6.07) is -3.59. The van der Waals surface area contributed by atoms with Crippen molar-refractivity contribution in [3.8, 4) is 0 Å². The highest BCUT2D eigenvalue weighted by Crippen LogP contribution is 2.03. The third-order valence-corrected chi connectivity index (χ3v) is 4.52. The van der Waals surface area contributed by atoms with Crippen molar-refractivity contribution < 1.29 is 34.5 Å². The standard InChI is InChI=1S/C20H32ClN3O7/c1-2-3-4-7-14(12-21)13-22-11-6-5-8-15(18(27)28)23-20(31)24-16(19(29)30)9-10-17(25)26/h3-4,7,15-16,22H,2,5-6,8-13H2,1H3,(H,25,26)(H,27,28)(H,29,30)(H2,23,24,31)/b4-3-,14-7+/t15-,16-/m0/s1. The second kappa shape index (κ2) is 17.1. The number of carboxylic acids is 3. The fourth-order valence-electron chi connectivity index (χ4n) is 2.48. The lowest BCUT2D eigenvalue weighted by Gasteiger charge is -2.18. The molecule has 0 unspecified atom stereocenters. The molecule has 0 heterocycles. The quantitative estimate of drug-likeness (QED) is 0.109. The Balaban J connectivity index is 4.37. The lowest BCUT2D eigenvalue weighted by Crippen LogP contribution is -2.51. The number of rotatable bonds is 17. The van der Waals surface area contributed by atoms with E-state index in [0.29, 0.717) is 31.8 Å². The fourth-order valence-corrected chi connectivity index (χ4v) is 2.66. The van der Waals surface area contributed by atoms with Crippen LogP contribution in [0.25, 0.3) is 0 Å². The Morgan fingerprint density at radius 2 is 1.58 bits per heavy atom. The molecule has 0 spiro atoms. The number of carboxylic acid groups (broad SMARTS) is 3. The van der Waals surface area contributed by atoms with Gasteiger partial charge in [0, 0.05) is 18.8 Å². The molecule has 0 rings (SSSR count). The smallest absolute Gasteiger partial charge is 0.326 e. The van der Waals surface area contributed by atoms with Crippen LogP contribution in [0.4, 0.5) is 4.79 Å². The maximum absolute atomic E-state index is 11.9. The van der Waals surface area contributed by atoms with E-state index in [1.807, 2.05) is 25.2 Å². The van der Waals surface area contributed by atoms with E-state index in [2.05, 4.69) is 16.0 Å². The van der Waals surface area contributed by atoms with Gasteiger partial charge in [-0.25, -0.2) is 14.4 Å². The van der Waals surface area contributed by atoms with Crippen molar-refractivity contribution in [3.05, 3.63) is 23.8 Å². The molecule has 0 radical (unpaired) electrons. The van der Waals surface area contributed by atoms with Gasteiger partial charge in [0.05, 0.1) is 0 Å². The molecule has 0 aliphatic rings. The predicted molar refractivity (Wildman–Crippen MR) is 116 cm³/mol. The van der Waals surface area contributed by atoms with Crippen molar-refractivity contribution in [2.45, 2.75) is 57.5 Å². The summed E-state index contributed by atoms with van der Waals surface area (Å²) in [5.74, 6) is -3.43. The number of unbranched alkanes of at least 4 members (excludes halogenated alkanes) is 1. The molecule has 0 saturated heterocycles. The molecular formula is C20H32ClN3O7. The molecule has 0 aromatic heterocycles. The summed E-state index contributed by atoms with van der Waals surface area (Å²) in [4.78, 5) is 45.0. The van der Waals surface area contributed by atoms with E-state index >= 15 is 0 Å². The van der Waals surface area contributed by atoms with Crippen molar-refractivity contribution in [3.63, 3.8) is 0 Å². The zero-order chi connectivity index (χ0) is 23.6. The number of hydrogen-bond acceptors (Lipinski definition) is 5. The van der Waals surface area contributed by atoms with Crippen molar-refractivity contribution in [1.29, 1.82) is 0 Å². The van der Waals surface area contributed by atoms with Crippen LogP contribution in [0, 0.1) is 0 Å². The number of amides is 2. The zero-order valence-corrected chi connectivity index (χ0v) is 18.4. The van der Waals surface area contributed by atoms with E-state index in [0.717, 1.165) is 12.0 Å². The van der Waals surface area contributed by atoms with E-state index in [1.165, 1.54) is 0 Å². The average molecular weight is 462 g/mol. The molecule has 0 bridgehead atoms. The molecule has 176 valence electrons. The minimum Gasteiger partial charge on any atom is -0.481 e. The van der Waals surface area contributed by atoms with Gasteiger partial charge < -0.3 is 31.3 Å². The predicted octanol–water partition coefficient (Wildman–Crippen LogP) is 1.95. The number of urea groups is 1. The lowest BCUT2D eigenvalue weighted by molar-refractivity contribution is -0.140. The molecule has 31 heavy (non-hydrogen) atoms. The molecule has 0 fully saturated rings. The number of carbonyl (C=O) groups excluding carboxylic acids is 1. The highest BCUT2D eigenvalue weighted by atomic mass is 35.5. The van der Waals surface area contributed by atoms with Crippen molar-refractivity contribution in [2.75, 3.05) is 19.0 Å². The Hall–Kier alpha value is -2.59. The van der Waals surface area contributed by atoms with Gasteiger partial charge in [0.15, 0.2) is 0 Å². The second-order valence-electron chi connectivity index (χ2n) is 6.80. The first-order chi connectivity index (χ1) is 14.7. The second-order valence-corrected chi connectivity index (χ2v) is 7.07. The van der Waals surface area contributed by atoms with Crippen LogP contribution < -0.4 is 16.0 Å². The molecule has 0 aromatic carbocycles. The molecule has 2 atom stereocenters. The van der Waals surface area contributed by atoms with Gasteiger partial charge >= 0.3 is 23.9 Å². The number of nitrogens with one attached hydrogen (secondary N) is 3. The largest absolute Gasteiger partial charge is 0.481 e. The van der Waals surface area contributed by atoms with E-state index in [1.54, 1.807) is 0 Å². The van der Waals surface area contributed by atoms with Crippen molar-refractivity contribution in [1.82, 2.24) is 16.0 Å². The third kappa shape index (κ3) is 14.9. The van der Waals surface area contributed by atoms with Crippen LogP contribution in [0.5, 0.6) is 0 Å². The molecule has 0 saturated carbocycles. The van der Waals surface area contributed by atoms with Crippen molar-refractivity contribution in [2.24, 2.45) is 0 Å². The maximum Gasteiger partial charge on any atom is 0.326 e. The number of aliphatic carboxylic acids is 3. The topological polar surface area (TPSA) is 165 Å².